The van der Waals surface area contributed by atoms with Crippen LogP contribution in [-0.4, -0.2) is 5.91 Å². The van der Waals surface area contributed by atoms with Crippen molar-refractivity contribution in [3.05, 3.63) is 44.8 Å². The van der Waals surface area contributed by atoms with E-state index >= 15 is 0 Å². The van der Waals surface area contributed by atoms with E-state index in [0.717, 1.165) is 4.90 Å². The Balaban J connectivity index is 2.18. The van der Waals surface area contributed by atoms with E-state index in [9.17, 15) is 9.18 Å². The molecule has 17 heavy (non-hydrogen) atoms. The third-order valence-corrected chi connectivity index (χ3v) is 4.01. The van der Waals surface area contributed by atoms with E-state index in [1.54, 1.807) is 11.4 Å². The lowest BCUT2D eigenvalue weighted by Gasteiger charge is -2.05. The molecule has 1 aromatic heterocycles. The molecule has 0 radical (unpaired) electrons. The van der Waals surface area contributed by atoms with E-state index in [2.05, 4.69) is 33.9 Å². The van der Waals surface area contributed by atoms with E-state index < -0.39 is 0 Å². The number of benzene rings is 1. The predicted octanol–water partition coefficient (Wildman–Crippen LogP) is 4.19. The van der Waals surface area contributed by atoms with Crippen molar-refractivity contribution in [2.75, 3.05) is 5.32 Å². The number of amides is 1. The first-order valence-corrected chi connectivity index (χ1v) is 6.72. The van der Waals surface area contributed by atoms with Crippen LogP contribution < -0.4 is 5.32 Å². The van der Waals surface area contributed by atoms with Crippen molar-refractivity contribution in [3.8, 4) is 0 Å². The van der Waals surface area contributed by atoms with Crippen molar-refractivity contribution in [2.45, 2.75) is 4.90 Å². The van der Waals surface area contributed by atoms with E-state index in [-0.39, 0.29) is 11.7 Å². The molecule has 0 fully saturated rings. The molecule has 2 rings (SSSR count). The summed E-state index contributed by atoms with van der Waals surface area (Å²) in [5.74, 6) is -0.591. The Hall–Kier alpha value is -0.850. The summed E-state index contributed by atoms with van der Waals surface area (Å²) < 4.78 is 13.4. The van der Waals surface area contributed by atoms with Gasteiger partial charge in [-0.3, -0.25) is 4.79 Å². The second kappa shape index (κ2) is 5.20. The highest BCUT2D eigenvalue weighted by atomic mass is 79.9. The van der Waals surface area contributed by atoms with Crippen molar-refractivity contribution in [2.24, 2.45) is 0 Å². The Morgan fingerprint density at radius 3 is 2.76 bits per heavy atom. The number of anilines is 1. The topological polar surface area (TPSA) is 29.1 Å². The zero-order chi connectivity index (χ0) is 12.4. The van der Waals surface area contributed by atoms with Gasteiger partial charge in [-0.1, -0.05) is 0 Å². The molecule has 0 unspecified atom stereocenters. The van der Waals surface area contributed by atoms with Crippen LogP contribution in [0.2, 0.25) is 0 Å². The van der Waals surface area contributed by atoms with Gasteiger partial charge < -0.3 is 5.32 Å². The molecule has 0 saturated carbocycles. The van der Waals surface area contributed by atoms with Crippen LogP contribution in [-0.2, 0) is 0 Å². The van der Waals surface area contributed by atoms with Crippen molar-refractivity contribution in [3.63, 3.8) is 0 Å². The summed E-state index contributed by atoms with van der Waals surface area (Å²) in [5, 5.41) is 4.47. The normalized spacial score (nSPS) is 10.3. The number of rotatable bonds is 2. The highest BCUT2D eigenvalue weighted by molar-refractivity contribution is 9.10. The van der Waals surface area contributed by atoms with Crippen LogP contribution in [0.25, 0.3) is 0 Å². The van der Waals surface area contributed by atoms with Crippen molar-refractivity contribution < 1.29 is 9.18 Å². The van der Waals surface area contributed by atoms with Crippen molar-refractivity contribution in [1.82, 2.24) is 0 Å². The number of carbonyl (C=O) groups is 1. The van der Waals surface area contributed by atoms with Crippen LogP contribution in [0.3, 0.4) is 0 Å². The van der Waals surface area contributed by atoms with Gasteiger partial charge in [0.05, 0.1) is 10.6 Å². The van der Waals surface area contributed by atoms with Crippen LogP contribution in [0.5, 0.6) is 0 Å². The Labute approximate surface area is 115 Å². The van der Waals surface area contributed by atoms with Gasteiger partial charge in [0.25, 0.3) is 5.91 Å². The molecule has 1 N–H and O–H groups in total. The third-order valence-electron chi connectivity index (χ3n) is 1.99. The molecular formula is C11H7BrFNOS2. The number of nitrogens with one attached hydrogen (secondary N) is 1. The molecule has 0 atom stereocenters. The Morgan fingerprint density at radius 2 is 2.18 bits per heavy atom. The molecular weight excluding hydrogens is 325 g/mol. The quantitative estimate of drug-likeness (QED) is 0.794. The minimum Gasteiger partial charge on any atom is -0.320 e. The van der Waals surface area contributed by atoms with Gasteiger partial charge in [-0.05, 0) is 40.2 Å². The third kappa shape index (κ3) is 3.08. The lowest BCUT2D eigenvalue weighted by molar-refractivity contribution is 0.103. The fourth-order valence-electron chi connectivity index (χ4n) is 1.22. The van der Waals surface area contributed by atoms with Crippen LogP contribution in [0.4, 0.5) is 10.1 Å². The standard InChI is InChI=1S/C11H7BrFNOS2/c12-8-3-6(13)1-2-9(8)14-11(15)10-4-7(16)5-17-10/h1-5,16H,(H,14,15). The SMILES string of the molecule is O=C(Nc1ccc(F)cc1Br)c1cc(S)cs1. The minimum atomic E-state index is -0.358. The second-order valence-electron chi connectivity index (χ2n) is 3.25. The van der Waals surface area contributed by atoms with Gasteiger partial charge in [0, 0.05) is 14.7 Å². The summed E-state index contributed by atoms with van der Waals surface area (Å²) in [6, 6.07) is 5.78. The Bertz CT molecular complexity index is 570. The molecule has 0 bridgehead atoms. The van der Waals surface area contributed by atoms with Gasteiger partial charge in [0.15, 0.2) is 0 Å². The molecule has 1 heterocycles. The summed E-state index contributed by atoms with van der Waals surface area (Å²) in [7, 11) is 0. The fraction of sp³-hybridized carbons (Fsp3) is 0. The zero-order valence-electron chi connectivity index (χ0n) is 8.41. The van der Waals surface area contributed by atoms with Crippen LogP contribution >= 0.6 is 39.9 Å². The maximum Gasteiger partial charge on any atom is 0.265 e. The largest absolute Gasteiger partial charge is 0.320 e. The summed E-state index contributed by atoms with van der Waals surface area (Å²) in [4.78, 5) is 13.1. The minimum absolute atomic E-state index is 0.234. The monoisotopic (exact) mass is 331 g/mol. The van der Waals surface area contributed by atoms with Crippen molar-refractivity contribution in [1.29, 1.82) is 0 Å². The summed E-state index contributed by atoms with van der Waals surface area (Å²) in [5.41, 5.74) is 0.533. The maximum absolute atomic E-state index is 12.9. The second-order valence-corrected chi connectivity index (χ2v) is 5.53. The molecule has 88 valence electrons. The number of hydrogen-bond donors (Lipinski definition) is 2. The van der Waals surface area contributed by atoms with Gasteiger partial charge in [-0.2, -0.15) is 0 Å². The molecule has 6 heteroatoms. The van der Waals surface area contributed by atoms with Crippen LogP contribution in [0, 0.1) is 5.82 Å². The zero-order valence-corrected chi connectivity index (χ0v) is 11.7. The molecule has 2 aromatic rings. The molecule has 1 amide bonds. The lowest BCUT2D eigenvalue weighted by Crippen LogP contribution is -2.10. The van der Waals surface area contributed by atoms with E-state index in [0.29, 0.717) is 15.0 Å². The number of halogens is 2. The Morgan fingerprint density at radius 1 is 1.41 bits per heavy atom. The fourth-order valence-corrected chi connectivity index (χ4v) is 2.71. The van der Waals surface area contributed by atoms with E-state index in [1.165, 1.54) is 29.5 Å². The van der Waals surface area contributed by atoms with Crippen LogP contribution in [0.1, 0.15) is 9.67 Å². The van der Waals surface area contributed by atoms with Gasteiger partial charge in [-0.15, -0.1) is 24.0 Å². The number of thiol groups is 1. The average molecular weight is 332 g/mol. The maximum atomic E-state index is 12.9. The first-order valence-electron chi connectivity index (χ1n) is 4.60. The molecule has 0 saturated heterocycles. The smallest absolute Gasteiger partial charge is 0.265 e. The molecule has 0 aliphatic carbocycles. The Kier molecular flexibility index (Phi) is 3.86. The summed E-state index contributed by atoms with van der Waals surface area (Å²) in [6.07, 6.45) is 0. The van der Waals surface area contributed by atoms with E-state index in [1.807, 2.05) is 0 Å². The highest BCUT2D eigenvalue weighted by Crippen LogP contribution is 2.25. The summed E-state index contributed by atoms with van der Waals surface area (Å²) >= 11 is 8.63. The lowest BCUT2D eigenvalue weighted by atomic mass is 10.3. The molecule has 0 aliphatic rings. The number of carbonyl (C=O) groups excluding carboxylic acids is 1. The number of thiophene rings is 1. The molecule has 1 aromatic carbocycles. The molecule has 2 nitrogen and oxygen atoms in total. The van der Waals surface area contributed by atoms with Crippen molar-refractivity contribution >= 4 is 51.5 Å². The van der Waals surface area contributed by atoms with Gasteiger partial charge >= 0.3 is 0 Å². The average Bonchev–Trinajstić information content (AvgIpc) is 2.69. The first kappa shape index (κ1) is 12.6. The van der Waals surface area contributed by atoms with E-state index in [4.69, 9.17) is 0 Å². The number of hydrogen-bond acceptors (Lipinski definition) is 3. The molecule has 0 spiro atoms. The summed E-state index contributed by atoms with van der Waals surface area (Å²) in [6.45, 7) is 0. The highest BCUT2D eigenvalue weighted by Gasteiger charge is 2.10. The van der Waals surface area contributed by atoms with Crippen LogP contribution in [0.15, 0.2) is 39.0 Å². The predicted molar refractivity (Wildman–Crippen MR) is 73.6 cm³/mol. The van der Waals surface area contributed by atoms with Gasteiger partial charge in [0.1, 0.15) is 5.82 Å². The molecule has 0 aliphatic heterocycles. The van der Waals surface area contributed by atoms with Gasteiger partial charge in [-0.25, -0.2) is 4.39 Å². The first-order chi connectivity index (χ1) is 8.06. The van der Waals surface area contributed by atoms with Gasteiger partial charge in [0.2, 0.25) is 0 Å².